The van der Waals surface area contributed by atoms with Crippen LogP contribution < -0.4 is 0 Å². The highest BCUT2D eigenvalue weighted by Crippen LogP contribution is 2.76. The van der Waals surface area contributed by atoms with Gasteiger partial charge in [-0.15, -0.1) is 0 Å². The lowest BCUT2D eigenvalue weighted by Gasteiger charge is -2.58. The Hall–Kier alpha value is 2.13. The van der Waals surface area contributed by atoms with Gasteiger partial charge < -0.3 is 0 Å². The molecule has 1 aliphatic rings. The van der Waals surface area contributed by atoms with Gasteiger partial charge in [-0.25, -0.2) is 0 Å². The van der Waals surface area contributed by atoms with Crippen molar-refractivity contribution in [1.29, 1.82) is 0 Å². The quantitative estimate of drug-likeness (QED) is 0.331. The van der Waals surface area contributed by atoms with Gasteiger partial charge in [0.15, 0.2) is 0 Å². The van der Waals surface area contributed by atoms with Crippen LogP contribution in [0.2, 0.25) is 0 Å². The molecule has 0 amide bonds. The molecule has 1 saturated heterocycles. The fraction of sp³-hybridized carbons (Fsp3) is 1.00. The minimum atomic E-state index is -1.62. The second-order valence-electron chi connectivity index (χ2n) is 6.04. The summed E-state index contributed by atoms with van der Waals surface area (Å²) >= 11 is 36.8. The molecule has 1 aliphatic heterocycles. The van der Waals surface area contributed by atoms with Crippen LogP contribution in [-0.4, -0.2) is 22.8 Å². The van der Waals surface area contributed by atoms with Crippen LogP contribution in [0.15, 0.2) is 0 Å². The smallest absolute Gasteiger partial charge is 0.226 e. The number of alkyl halides is 6. The highest BCUT2D eigenvalue weighted by molar-refractivity contribution is 7.71. The van der Waals surface area contributed by atoms with Gasteiger partial charge in [-0.1, -0.05) is 69.6 Å². The van der Waals surface area contributed by atoms with Crippen LogP contribution in [0.25, 0.3) is 0 Å². The molecule has 114 valence electrons. The van der Waals surface area contributed by atoms with Crippen molar-refractivity contribution < 1.29 is 0 Å². The van der Waals surface area contributed by atoms with E-state index in [-0.39, 0.29) is 11.1 Å². The zero-order valence-corrected chi connectivity index (χ0v) is 16.7. The van der Waals surface area contributed by atoms with Crippen molar-refractivity contribution in [3.63, 3.8) is 0 Å². The topological polar surface area (TPSA) is 3.24 Å². The van der Waals surface area contributed by atoms with E-state index in [4.69, 9.17) is 69.6 Å². The first-order chi connectivity index (χ1) is 8.20. The predicted molar refractivity (Wildman–Crippen MR) is 91.3 cm³/mol. The molecular formula is C11H18Cl6NP. The summed E-state index contributed by atoms with van der Waals surface area (Å²) in [5.41, 5.74) is -0.359. The molecule has 1 fully saturated rings. The monoisotopic (exact) mass is 405 g/mol. The Labute approximate surface area is 147 Å². The Morgan fingerprint density at radius 2 is 1.11 bits per heavy atom. The van der Waals surface area contributed by atoms with Crippen molar-refractivity contribution in [3.8, 4) is 0 Å². The summed E-state index contributed by atoms with van der Waals surface area (Å²) < 4.78 is -1.11. The maximum Gasteiger partial charge on any atom is 0.226 e. The number of nitrogens with zero attached hydrogens (tertiary/aromatic N) is 1. The average molecular weight is 408 g/mol. The molecule has 0 aromatic carbocycles. The summed E-state index contributed by atoms with van der Waals surface area (Å²) in [6, 6.07) is 0. The van der Waals surface area contributed by atoms with E-state index in [0.29, 0.717) is 0 Å². The Bertz CT molecular complexity index is 303. The molecule has 0 saturated carbocycles. The van der Waals surface area contributed by atoms with Gasteiger partial charge in [0, 0.05) is 11.1 Å². The van der Waals surface area contributed by atoms with E-state index < -0.39 is 15.1 Å². The SMILES string of the molecule is CC1(C)CCCC(C)(C)N1P(C(Cl)(Cl)Cl)C(Cl)(Cl)Cl. The lowest BCUT2D eigenvalue weighted by molar-refractivity contribution is 0.0598. The van der Waals surface area contributed by atoms with Crippen LogP contribution in [0.4, 0.5) is 0 Å². The van der Waals surface area contributed by atoms with Gasteiger partial charge in [0.2, 0.25) is 7.07 Å². The summed E-state index contributed by atoms with van der Waals surface area (Å²) in [5, 5.41) is 0. The lowest BCUT2D eigenvalue weighted by Crippen LogP contribution is -2.57. The van der Waals surface area contributed by atoms with E-state index in [9.17, 15) is 0 Å². The molecule has 1 rings (SSSR count). The molecule has 0 aliphatic carbocycles. The highest BCUT2D eigenvalue weighted by atomic mass is 35.6. The minimum Gasteiger partial charge on any atom is -0.264 e. The first kappa shape index (κ1) is 19.2. The standard InChI is InChI=1S/C11H18Cl6NP/c1-8(2)6-5-7-9(3,4)18(8)19(10(12,13)14)11(15,16)17/h5-7H2,1-4H3. The summed E-state index contributed by atoms with van der Waals surface area (Å²) in [6.45, 7) is 8.43. The van der Waals surface area contributed by atoms with E-state index in [1.54, 1.807) is 0 Å². The molecule has 0 radical (unpaired) electrons. The molecule has 0 N–H and O–H groups in total. The van der Waals surface area contributed by atoms with Crippen LogP contribution in [0, 0.1) is 0 Å². The third kappa shape index (κ3) is 4.55. The number of rotatable bonds is 1. The molecule has 8 heteroatoms. The number of hydrogen-bond donors (Lipinski definition) is 0. The van der Waals surface area contributed by atoms with Crippen molar-refractivity contribution >= 4 is 77.7 Å². The van der Waals surface area contributed by atoms with Crippen LogP contribution in [0.5, 0.6) is 0 Å². The van der Waals surface area contributed by atoms with Gasteiger partial charge in [-0.05, 0) is 47.0 Å². The van der Waals surface area contributed by atoms with Gasteiger partial charge in [-0.2, -0.15) is 0 Å². The van der Waals surface area contributed by atoms with E-state index in [0.717, 1.165) is 19.3 Å². The van der Waals surface area contributed by atoms with Crippen LogP contribution in [-0.2, 0) is 0 Å². The first-order valence-electron chi connectivity index (χ1n) is 5.94. The van der Waals surface area contributed by atoms with Crippen LogP contribution in [0.1, 0.15) is 47.0 Å². The Balaban J connectivity index is 3.33. The second-order valence-corrected chi connectivity index (χ2v) is 14.5. The Kier molecular flexibility index (Phi) is 6.02. The van der Waals surface area contributed by atoms with Crippen molar-refractivity contribution in [2.75, 3.05) is 0 Å². The average Bonchev–Trinajstić information content (AvgIpc) is 2.06. The molecule has 0 unspecified atom stereocenters. The van der Waals surface area contributed by atoms with Crippen LogP contribution in [0.3, 0.4) is 0 Å². The van der Waals surface area contributed by atoms with Gasteiger partial charge in [0.1, 0.15) is 0 Å². The van der Waals surface area contributed by atoms with Gasteiger partial charge in [0.05, 0.1) is 8.07 Å². The molecular weight excluding hydrogens is 390 g/mol. The summed E-state index contributed by atoms with van der Waals surface area (Å²) in [5.74, 6) is 0. The highest BCUT2D eigenvalue weighted by Gasteiger charge is 2.58. The number of piperidine rings is 1. The van der Waals surface area contributed by atoms with E-state index >= 15 is 0 Å². The molecule has 0 aromatic rings. The fourth-order valence-corrected chi connectivity index (χ4v) is 9.73. The molecule has 0 aromatic heterocycles. The number of halogens is 6. The fourth-order valence-electron chi connectivity index (χ4n) is 2.90. The summed E-state index contributed by atoms with van der Waals surface area (Å²) in [4.78, 5) is 0. The van der Waals surface area contributed by atoms with Gasteiger partial charge >= 0.3 is 0 Å². The molecule has 19 heavy (non-hydrogen) atoms. The van der Waals surface area contributed by atoms with E-state index in [1.807, 2.05) is 0 Å². The van der Waals surface area contributed by atoms with E-state index in [2.05, 4.69) is 32.4 Å². The summed E-state index contributed by atoms with van der Waals surface area (Å²) in [6.07, 6.45) is 3.08. The van der Waals surface area contributed by atoms with E-state index in [1.165, 1.54) is 0 Å². The maximum atomic E-state index is 6.14. The second kappa shape index (κ2) is 5.97. The van der Waals surface area contributed by atoms with Crippen LogP contribution >= 0.6 is 77.7 Å². The maximum absolute atomic E-state index is 6.14. The third-order valence-electron chi connectivity index (χ3n) is 3.40. The normalized spacial score (nSPS) is 24.8. The molecule has 0 atom stereocenters. The molecule has 0 bridgehead atoms. The molecule has 0 spiro atoms. The Morgan fingerprint density at radius 1 is 0.789 bits per heavy atom. The van der Waals surface area contributed by atoms with Gasteiger partial charge in [-0.3, -0.25) is 4.67 Å². The zero-order chi connectivity index (χ0) is 15.3. The van der Waals surface area contributed by atoms with Gasteiger partial charge in [0.25, 0.3) is 0 Å². The Morgan fingerprint density at radius 3 is 1.37 bits per heavy atom. The van der Waals surface area contributed by atoms with Crippen molar-refractivity contribution in [2.24, 2.45) is 0 Å². The lowest BCUT2D eigenvalue weighted by atomic mass is 9.83. The third-order valence-corrected chi connectivity index (χ3v) is 8.73. The van der Waals surface area contributed by atoms with Crippen molar-refractivity contribution in [1.82, 2.24) is 4.67 Å². The van der Waals surface area contributed by atoms with Crippen molar-refractivity contribution in [3.05, 3.63) is 0 Å². The van der Waals surface area contributed by atoms with Crippen molar-refractivity contribution in [2.45, 2.75) is 65.1 Å². The zero-order valence-electron chi connectivity index (χ0n) is 11.3. The number of hydrogen-bond acceptors (Lipinski definition) is 1. The first-order valence-corrected chi connectivity index (χ1v) is 9.50. The predicted octanol–water partition coefficient (Wildman–Crippen LogP) is 7.08. The largest absolute Gasteiger partial charge is 0.264 e. The molecule has 1 heterocycles. The molecule has 1 nitrogen and oxygen atoms in total. The summed E-state index contributed by atoms with van der Waals surface area (Å²) in [7, 11) is -1.61. The minimum absolute atomic E-state index is 0.179.